The highest BCUT2D eigenvalue weighted by molar-refractivity contribution is 5.86. The van der Waals surface area contributed by atoms with E-state index in [9.17, 15) is 9.59 Å². The Kier molecular flexibility index (Phi) is 5.32. The van der Waals surface area contributed by atoms with Gasteiger partial charge >= 0.3 is 5.97 Å². The van der Waals surface area contributed by atoms with Crippen molar-refractivity contribution in [1.29, 1.82) is 0 Å². The molecular formula is C13H17NO5. The molecule has 1 aromatic carbocycles. The summed E-state index contributed by atoms with van der Waals surface area (Å²) < 4.78 is 5.40. The SMILES string of the molecule is Cc1cccc(OC(C)C(=O)NC(CO)C(=O)O)c1. The van der Waals surface area contributed by atoms with Gasteiger partial charge in [-0.25, -0.2) is 4.79 Å². The lowest BCUT2D eigenvalue weighted by molar-refractivity contribution is -0.144. The molecule has 0 heterocycles. The van der Waals surface area contributed by atoms with E-state index in [1.54, 1.807) is 18.2 Å². The van der Waals surface area contributed by atoms with Crippen molar-refractivity contribution in [1.82, 2.24) is 5.32 Å². The summed E-state index contributed by atoms with van der Waals surface area (Å²) in [6, 6.07) is 5.84. The third-order valence-corrected chi connectivity index (χ3v) is 2.47. The largest absolute Gasteiger partial charge is 0.481 e. The van der Waals surface area contributed by atoms with E-state index >= 15 is 0 Å². The van der Waals surface area contributed by atoms with E-state index in [2.05, 4.69) is 5.32 Å². The molecule has 0 aliphatic heterocycles. The van der Waals surface area contributed by atoms with Crippen molar-refractivity contribution in [3.8, 4) is 5.75 Å². The highest BCUT2D eigenvalue weighted by Crippen LogP contribution is 2.14. The number of aliphatic carboxylic acids is 1. The molecule has 0 radical (unpaired) electrons. The number of amides is 1. The number of carbonyl (C=O) groups excluding carboxylic acids is 1. The van der Waals surface area contributed by atoms with Crippen molar-refractivity contribution in [3.05, 3.63) is 29.8 Å². The fourth-order valence-electron chi connectivity index (χ4n) is 1.42. The van der Waals surface area contributed by atoms with Crippen LogP contribution in [0.2, 0.25) is 0 Å². The fourth-order valence-corrected chi connectivity index (χ4v) is 1.42. The van der Waals surface area contributed by atoms with Gasteiger partial charge in [0.25, 0.3) is 5.91 Å². The molecule has 0 aliphatic rings. The van der Waals surface area contributed by atoms with E-state index in [-0.39, 0.29) is 0 Å². The first-order valence-corrected chi connectivity index (χ1v) is 5.81. The van der Waals surface area contributed by atoms with Crippen LogP contribution in [0.1, 0.15) is 12.5 Å². The van der Waals surface area contributed by atoms with Crippen LogP contribution in [0.5, 0.6) is 5.75 Å². The Morgan fingerprint density at radius 2 is 2.11 bits per heavy atom. The lowest BCUT2D eigenvalue weighted by atomic mass is 10.2. The number of aliphatic hydroxyl groups excluding tert-OH is 1. The number of rotatable bonds is 6. The molecule has 1 rings (SSSR count). The number of carboxylic acid groups (broad SMARTS) is 1. The maximum Gasteiger partial charge on any atom is 0.328 e. The molecule has 0 aromatic heterocycles. The number of hydrogen-bond acceptors (Lipinski definition) is 4. The Morgan fingerprint density at radius 1 is 1.42 bits per heavy atom. The number of carbonyl (C=O) groups is 2. The Labute approximate surface area is 111 Å². The zero-order chi connectivity index (χ0) is 14.4. The van der Waals surface area contributed by atoms with Gasteiger partial charge in [0.15, 0.2) is 6.10 Å². The summed E-state index contributed by atoms with van der Waals surface area (Å²) >= 11 is 0. The molecule has 1 amide bonds. The number of ether oxygens (including phenoxy) is 1. The van der Waals surface area contributed by atoms with Gasteiger partial charge in [-0.15, -0.1) is 0 Å². The lowest BCUT2D eigenvalue weighted by Gasteiger charge is -2.17. The Balaban J connectivity index is 2.60. The van der Waals surface area contributed by atoms with E-state index in [1.165, 1.54) is 6.92 Å². The first-order valence-electron chi connectivity index (χ1n) is 5.81. The normalized spacial score (nSPS) is 13.4. The number of hydrogen-bond donors (Lipinski definition) is 3. The second-order valence-corrected chi connectivity index (χ2v) is 4.16. The number of benzene rings is 1. The van der Waals surface area contributed by atoms with E-state index in [0.717, 1.165) is 5.56 Å². The van der Waals surface area contributed by atoms with Gasteiger partial charge in [0, 0.05) is 0 Å². The van der Waals surface area contributed by atoms with Crippen LogP contribution in [0.15, 0.2) is 24.3 Å². The van der Waals surface area contributed by atoms with Crippen LogP contribution in [-0.2, 0) is 9.59 Å². The first-order chi connectivity index (χ1) is 8.93. The minimum Gasteiger partial charge on any atom is -0.481 e. The molecule has 0 spiro atoms. The monoisotopic (exact) mass is 267 g/mol. The van der Waals surface area contributed by atoms with Crippen LogP contribution in [-0.4, -0.2) is 40.8 Å². The molecule has 0 fully saturated rings. The molecule has 0 saturated heterocycles. The van der Waals surface area contributed by atoms with Crippen LogP contribution in [0, 0.1) is 6.92 Å². The standard InChI is InChI=1S/C13H17NO5/c1-8-4-3-5-10(6-8)19-9(2)12(16)14-11(7-15)13(17)18/h3-6,9,11,15H,7H2,1-2H3,(H,14,16)(H,17,18). The van der Waals surface area contributed by atoms with Crippen LogP contribution in [0.3, 0.4) is 0 Å². The van der Waals surface area contributed by atoms with Gasteiger partial charge < -0.3 is 20.3 Å². The first kappa shape index (κ1) is 15.0. The number of carboxylic acids is 1. The van der Waals surface area contributed by atoms with E-state index in [4.69, 9.17) is 14.9 Å². The Bertz CT molecular complexity index is 460. The van der Waals surface area contributed by atoms with Crippen molar-refractivity contribution in [2.45, 2.75) is 26.0 Å². The van der Waals surface area contributed by atoms with Crippen LogP contribution < -0.4 is 10.1 Å². The summed E-state index contributed by atoms with van der Waals surface area (Å²) in [6.45, 7) is 2.73. The predicted octanol–water partition coefficient (Wildman–Crippen LogP) is 0.324. The number of aryl methyl sites for hydroxylation is 1. The Hall–Kier alpha value is -2.08. The van der Waals surface area contributed by atoms with Gasteiger partial charge in [-0.2, -0.15) is 0 Å². The van der Waals surface area contributed by atoms with Crippen molar-refractivity contribution in [2.24, 2.45) is 0 Å². The minimum absolute atomic E-state index is 0.526. The zero-order valence-corrected chi connectivity index (χ0v) is 10.8. The molecule has 2 atom stereocenters. The highest BCUT2D eigenvalue weighted by atomic mass is 16.5. The van der Waals surface area contributed by atoms with E-state index in [1.807, 2.05) is 13.0 Å². The summed E-state index contributed by atoms with van der Waals surface area (Å²) in [5, 5.41) is 19.7. The van der Waals surface area contributed by atoms with Crippen molar-refractivity contribution in [2.75, 3.05) is 6.61 Å². The van der Waals surface area contributed by atoms with Crippen molar-refractivity contribution < 1.29 is 24.5 Å². The van der Waals surface area contributed by atoms with Gasteiger partial charge in [0.05, 0.1) is 6.61 Å². The molecule has 1 aromatic rings. The third-order valence-electron chi connectivity index (χ3n) is 2.47. The maximum atomic E-state index is 11.7. The third kappa shape index (κ3) is 4.59. The summed E-state index contributed by atoms with van der Waals surface area (Å²) in [7, 11) is 0. The van der Waals surface area contributed by atoms with Crippen LogP contribution in [0.4, 0.5) is 0 Å². The Morgan fingerprint density at radius 3 is 2.63 bits per heavy atom. The predicted molar refractivity (Wildman–Crippen MR) is 67.9 cm³/mol. The second-order valence-electron chi connectivity index (χ2n) is 4.16. The van der Waals surface area contributed by atoms with Crippen LogP contribution in [0.25, 0.3) is 0 Å². The average Bonchev–Trinajstić information content (AvgIpc) is 2.35. The van der Waals surface area contributed by atoms with Gasteiger partial charge in [0.2, 0.25) is 0 Å². The van der Waals surface area contributed by atoms with E-state index in [0.29, 0.717) is 5.75 Å². The molecule has 3 N–H and O–H groups in total. The molecule has 104 valence electrons. The average molecular weight is 267 g/mol. The van der Waals surface area contributed by atoms with E-state index < -0.39 is 30.6 Å². The molecular weight excluding hydrogens is 250 g/mol. The molecule has 0 aliphatic carbocycles. The lowest BCUT2D eigenvalue weighted by Crippen LogP contribution is -2.48. The smallest absolute Gasteiger partial charge is 0.328 e. The summed E-state index contributed by atoms with van der Waals surface area (Å²) in [6.07, 6.45) is -0.852. The molecule has 0 bridgehead atoms. The maximum absolute atomic E-state index is 11.7. The van der Waals surface area contributed by atoms with Crippen molar-refractivity contribution >= 4 is 11.9 Å². The van der Waals surface area contributed by atoms with Crippen LogP contribution >= 0.6 is 0 Å². The summed E-state index contributed by atoms with van der Waals surface area (Å²) in [5.74, 6) is -1.36. The quantitative estimate of drug-likeness (QED) is 0.690. The zero-order valence-electron chi connectivity index (χ0n) is 10.8. The highest BCUT2D eigenvalue weighted by Gasteiger charge is 2.23. The van der Waals surface area contributed by atoms with Gasteiger partial charge in [-0.3, -0.25) is 4.79 Å². The molecule has 0 saturated carbocycles. The summed E-state index contributed by atoms with van der Waals surface area (Å²) in [5.41, 5.74) is 0.990. The molecule has 19 heavy (non-hydrogen) atoms. The van der Waals surface area contributed by atoms with Gasteiger partial charge in [-0.1, -0.05) is 12.1 Å². The number of nitrogens with one attached hydrogen (secondary N) is 1. The number of aliphatic hydroxyl groups is 1. The molecule has 6 nitrogen and oxygen atoms in total. The topological polar surface area (TPSA) is 95.9 Å². The molecule has 6 heteroatoms. The summed E-state index contributed by atoms with van der Waals surface area (Å²) in [4.78, 5) is 22.4. The van der Waals surface area contributed by atoms with Gasteiger partial charge in [-0.05, 0) is 31.5 Å². The van der Waals surface area contributed by atoms with Gasteiger partial charge in [0.1, 0.15) is 11.8 Å². The van der Waals surface area contributed by atoms with Crippen molar-refractivity contribution in [3.63, 3.8) is 0 Å². The fraction of sp³-hybridized carbons (Fsp3) is 0.385. The minimum atomic E-state index is -1.32. The second kappa shape index (κ2) is 6.75. The molecule has 2 unspecified atom stereocenters.